The number of hydrogen-bond donors (Lipinski definition) is 1. The van der Waals surface area contributed by atoms with E-state index < -0.39 is 24.5 Å². The molecule has 0 radical (unpaired) electrons. The van der Waals surface area contributed by atoms with Crippen molar-refractivity contribution >= 4 is 11.6 Å². The maximum Gasteiger partial charge on any atom is 0.405 e. The molecule has 1 aliphatic rings. The average Bonchev–Trinajstić information content (AvgIpc) is 2.52. The molecule has 22 heavy (non-hydrogen) atoms. The second-order valence-electron chi connectivity index (χ2n) is 5.08. The minimum absolute atomic E-state index is 0.592. The predicted octanol–water partition coefficient (Wildman–Crippen LogP) is 2.86. The van der Waals surface area contributed by atoms with Crippen molar-refractivity contribution in [3.05, 3.63) is 41.9 Å². The van der Waals surface area contributed by atoms with Crippen molar-refractivity contribution in [3.8, 4) is 0 Å². The highest BCUT2D eigenvalue weighted by Gasteiger charge is 2.29. The van der Waals surface area contributed by atoms with E-state index in [0.29, 0.717) is 12.8 Å². The SMILES string of the molecule is CC(C(=O)NCC(F)(F)F)C1=CN=C(c2cccnc2)CC1. The second-order valence-corrected chi connectivity index (χ2v) is 5.08. The van der Waals surface area contributed by atoms with Crippen molar-refractivity contribution in [2.45, 2.75) is 25.9 Å². The molecule has 0 fully saturated rings. The number of rotatable bonds is 4. The van der Waals surface area contributed by atoms with Crippen molar-refractivity contribution in [2.75, 3.05) is 6.54 Å². The minimum atomic E-state index is -4.40. The van der Waals surface area contributed by atoms with Crippen molar-refractivity contribution in [1.82, 2.24) is 10.3 Å². The maximum atomic E-state index is 12.1. The molecular weight excluding hydrogens is 295 g/mol. The first kappa shape index (κ1) is 16.2. The number of halogens is 3. The van der Waals surface area contributed by atoms with Gasteiger partial charge in [-0.2, -0.15) is 13.2 Å². The Morgan fingerprint density at radius 3 is 2.73 bits per heavy atom. The summed E-state index contributed by atoms with van der Waals surface area (Å²) < 4.78 is 36.3. The van der Waals surface area contributed by atoms with E-state index in [2.05, 4.69) is 9.98 Å². The zero-order chi connectivity index (χ0) is 16.2. The normalized spacial score (nSPS) is 16.5. The molecule has 0 bridgehead atoms. The van der Waals surface area contributed by atoms with Crippen LogP contribution in [0.3, 0.4) is 0 Å². The molecule has 1 N–H and O–H groups in total. The molecule has 2 rings (SSSR count). The Labute approximate surface area is 126 Å². The van der Waals surface area contributed by atoms with Gasteiger partial charge in [-0.1, -0.05) is 6.07 Å². The van der Waals surface area contributed by atoms with Crippen molar-refractivity contribution in [2.24, 2.45) is 10.9 Å². The van der Waals surface area contributed by atoms with Gasteiger partial charge >= 0.3 is 6.18 Å². The quantitative estimate of drug-likeness (QED) is 0.929. The first-order valence-corrected chi connectivity index (χ1v) is 6.87. The van der Waals surface area contributed by atoms with E-state index in [4.69, 9.17) is 0 Å². The Balaban J connectivity index is 2.00. The number of carbonyl (C=O) groups excluding carboxylic acids is 1. The summed E-state index contributed by atoms with van der Waals surface area (Å²) in [5.74, 6) is -1.26. The number of amides is 1. The fourth-order valence-corrected chi connectivity index (χ4v) is 2.14. The summed E-state index contributed by atoms with van der Waals surface area (Å²) in [6, 6.07) is 3.70. The third kappa shape index (κ3) is 4.41. The van der Waals surface area contributed by atoms with E-state index in [9.17, 15) is 18.0 Å². The molecule has 2 heterocycles. The van der Waals surface area contributed by atoms with Gasteiger partial charge in [0, 0.05) is 29.9 Å². The van der Waals surface area contributed by atoms with Gasteiger partial charge in [0.15, 0.2) is 0 Å². The molecule has 1 aromatic rings. The zero-order valence-electron chi connectivity index (χ0n) is 12.0. The Bertz CT molecular complexity index is 594. The van der Waals surface area contributed by atoms with Gasteiger partial charge in [0.25, 0.3) is 0 Å². The first-order chi connectivity index (χ1) is 10.4. The molecule has 1 aliphatic heterocycles. The average molecular weight is 311 g/mol. The number of pyridine rings is 1. The molecule has 4 nitrogen and oxygen atoms in total. The molecule has 1 unspecified atom stereocenters. The van der Waals surface area contributed by atoms with Gasteiger partial charge in [-0.05, 0) is 31.4 Å². The van der Waals surface area contributed by atoms with E-state index >= 15 is 0 Å². The summed E-state index contributed by atoms with van der Waals surface area (Å²) in [4.78, 5) is 20.1. The standard InChI is InChI=1S/C15H16F3N3O/c1-10(14(22)21-9-15(16,17)18)11-4-5-13(20-8-11)12-3-2-6-19-7-12/h2-3,6-8,10H,4-5,9H2,1H3,(H,21,22). The number of alkyl halides is 3. The van der Waals surface area contributed by atoms with Gasteiger partial charge in [0.2, 0.25) is 5.91 Å². The van der Waals surface area contributed by atoms with Crippen LogP contribution >= 0.6 is 0 Å². The van der Waals surface area contributed by atoms with Crippen molar-refractivity contribution in [1.29, 1.82) is 0 Å². The highest BCUT2D eigenvalue weighted by molar-refractivity contribution is 6.01. The molecule has 1 amide bonds. The monoisotopic (exact) mass is 311 g/mol. The largest absolute Gasteiger partial charge is 0.405 e. The molecule has 0 aromatic carbocycles. The second kappa shape index (κ2) is 6.72. The van der Waals surface area contributed by atoms with E-state index in [1.165, 1.54) is 0 Å². The lowest BCUT2D eigenvalue weighted by Crippen LogP contribution is -2.37. The van der Waals surface area contributed by atoms with E-state index in [-0.39, 0.29) is 0 Å². The van der Waals surface area contributed by atoms with Crippen molar-refractivity contribution in [3.63, 3.8) is 0 Å². The lowest BCUT2D eigenvalue weighted by atomic mass is 9.92. The first-order valence-electron chi connectivity index (χ1n) is 6.87. The predicted molar refractivity (Wildman–Crippen MR) is 76.3 cm³/mol. The number of aliphatic imine (C=N–C) groups is 1. The maximum absolute atomic E-state index is 12.1. The summed E-state index contributed by atoms with van der Waals surface area (Å²) in [5, 5.41) is 1.90. The Morgan fingerprint density at radius 2 is 2.18 bits per heavy atom. The molecule has 7 heteroatoms. The molecule has 0 saturated carbocycles. The van der Waals surface area contributed by atoms with Crippen LogP contribution in [0.2, 0.25) is 0 Å². The van der Waals surface area contributed by atoms with E-state index in [1.54, 1.807) is 25.5 Å². The van der Waals surface area contributed by atoms with Crippen LogP contribution in [0, 0.1) is 5.92 Å². The fraction of sp³-hybridized carbons (Fsp3) is 0.400. The summed E-state index contributed by atoms with van der Waals surface area (Å²) >= 11 is 0. The third-order valence-corrected chi connectivity index (χ3v) is 3.44. The lowest BCUT2D eigenvalue weighted by molar-refractivity contribution is -0.139. The molecule has 0 saturated heterocycles. The number of aromatic nitrogens is 1. The highest BCUT2D eigenvalue weighted by atomic mass is 19.4. The van der Waals surface area contributed by atoms with Gasteiger partial charge in [0.1, 0.15) is 6.54 Å². The van der Waals surface area contributed by atoms with Crippen LogP contribution in [0.1, 0.15) is 25.3 Å². The molecule has 1 atom stereocenters. The zero-order valence-corrected chi connectivity index (χ0v) is 12.0. The summed E-state index contributed by atoms with van der Waals surface area (Å²) in [5.41, 5.74) is 2.50. The fourth-order valence-electron chi connectivity index (χ4n) is 2.14. The lowest BCUT2D eigenvalue weighted by Gasteiger charge is -2.19. The summed E-state index contributed by atoms with van der Waals surface area (Å²) in [7, 11) is 0. The number of nitrogens with one attached hydrogen (secondary N) is 1. The van der Waals surface area contributed by atoms with Crippen LogP contribution in [-0.4, -0.2) is 29.3 Å². The van der Waals surface area contributed by atoms with E-state index in [1.807, 2.05) is 17.4 Å². The topological polar surface area (TPSA) is 54.4 Å². The minimum Gasteiger partial charge on any atom is -0.346 e. The number of hydrogen-bond acceptors (Lipinski definition) is 3. The van der Waals surface area contributed by atoms with Gasteiger partial charge in [-0.3, -0.25) is 14.8 Å². The number of carbonyl (C=O) groups is 1. The van der Waals surface area contributed by atoms with Crippen LogP contribution < -0.4 is 5.32 Å². The van der Waals surface area contributed by atoms with Gasteiger partial charge in [0.05, 0.1) is 5.92 Å². The Morgan fingerprint density at radius 1 is 1.41 bits per heavy atom. The van der Waals surface area contributed by atoms with E-state index in [0.717, 1.165) is 16.8 Å². The Kier molecular flexibility index (Phi) is 4.95. The molecule has 118 valence electrons. The highest BCUT2D eigenvalue weighted by Crippen LogP contribution is 2.23. The van der Waals surface area contributed by atoms with Gasteiger partial charge in [-0.15, -0.1) is 0 Å². The van der Waals surface area contributed by atoms with Crippen LogP contribution in [0.25, 0.3) is 0 Å². The number of nitrogens with zero attached hydrogens (tertiary/aromatic N) is 2. The molecule has 0 spiro atoms. The van der Waals surface area contributed by atoms with Crippen LogP contribution in [-0.2, 0) is 4.79 Å². The van der Waals surface area contributed by atoms with Crippen LogP contribution in [0.15, 0.2) is 41.3 Å². The smallest absolute Gasteiger partial charge is 0.346 e. The third-order valence-electron chi connectivity index (χ3n) is 3.44. The molecule has 1 aromatic heterocycles. The van der Waals surface area contributed by atoms with Crippen LogP contribution in [0.4, 0.5) is 13.2 Å². The molecule has 0 aliphatic carbocycles. The van der Waals surface area contributed by atoms with Gasteiger partial charge < -0.3 is 5.32 Å². The summed E-state index contributed by atoms with van der Waals surface area (Å²) in [6.07, 6.45) is 1.77. The summed E-state index contributed by atoms with van der Waals surface area (Å²) in [6.45, 7) is 0.274. The molecular formula is C15H16F3N3O. The van der Waals surface area contributed by atoms with Crippen LogP contribution in [0.5, 0.6) is 0 Å². The van der Waals surface area contributed by atoms with Gasteiger partial charge in [-0.25, -0.2) is 0 Å². The Hall–Kier alpha value is -2.18. The van der Waals surface area contributed by atoms with Crippen molar-refractivity contribution < 1.29 is 18.0 Å².